The van der Waals surface area contributed by atoms with Gasteiger partial charge in [0, 0.05) is 18.2 Å². The van der Waals surface area contributed by atoms with Crippen LogP contribution in [0.3, 0.4) is 0 Å². The zero-order chi connectivity index (χ0) is 26.0. The highest BCUT2D eigenvalue weighted by atomic mass is 16.7. The Morgan fingerprint density at radius 3 is 2.42 bits per heavy atom. The maximum atomic E-state index is 12.4. The Morgan fingerprint density at radius 1 is 1.03 bits per heavy atom. The van der Waals surface area contributed by atoms with E-state index in [0.29, 0.717) is 5.56 Å². The lowest BCUT2D eigenvalue weighted by Crippen LogP contribution is -2.51. The van der Waals surface area contributed by atoms with E-state index < -0.39 is 60.8 Å². The van der Waals surface area contributed by atoms with Crippen LogP contribution in [0.15, 0.2) is 52.2 Å². The Labute approximate surface area is 207 Å². The summed E-state index contributed by atoms with van der Waals surface area (Å²) in [6, 6.07) is 9.81. The van der Waals surface area contributed by atoms with Crippen LogP contribution in [-0.4, -0.2) is 69.7 Å². The highest BCUT2D eigenvalue weighted by Gasteiger charge is 2.49. The first-order valence-corrected chi connectivity index (χ1v) is 12.0. The van der Waals surface area contributed by atoms with Gasteiger partial charge in [-0.2, -0.15) is 0 Å². The van der Waals surface area contributed by atoms with Gasteiger partial charge in [0.15, 0.2) is 12.5 Å². The number of benzene rings is 1. The standard InChI is InChI=1S/C25H32N2O9/c1-13-14(2)18(12-33-23(31)16-7-5-4-6-8-16)35-24(15(13)3)36-21-20(30)17(11-28)34-22(21)27-10-9-19(29)26-25(27)32/h4-10,13-15,17-18,20-22,24,28,30H,11-12H2,1-3H3,(H,26,29,32)/t13?,14?,15?,17-,18?,20?,21+,22-,24?/m1/s1. The fourth-order valence-corrected chi connectivity index (χ4v) is 4.67. The van der Waals surface area contributed by atoms with Crippen LogP contribution < -0.4 is 11.2 Å². The molecule has 2 fully saturated rings. The second-order valence-corrected chi connectivity index (χ2v) is 9.44. The quantitative estimate of drug-likeness (QED) is 0.462. The van der Waals surface area contributed by atoms with Crippen LogP contribution in [-0.2, 0) is 18.9 Å². The van der Waals surface area contributed by atoms with Crippen LogP contribution in [0.25, 0.3) is 0 Å². The van der Waals surface area contributed by atoms with Gasteiger partial charge in [-0.3, -0.25) is 14.3 Å². The molecule has 36 heavy (non-hydrogen) atoms. The number of rotatable bonds is 7. The molecule has 0 bridgehead atoms. The maximum Gasteiger partial charge on any atom is 0.338 e. The molecule has 3 heterocycles. The Morgan fingerprint density at radius 2 is 1.75 bits per heavy atom. The van der Waals surface area contributed by atoms with Gasteiger partial charge in [0.2, 0.25) is 0 Å². The number of nitrogens with one attached hydrogen (secondary N) is 1. The fourth-order valence-electron chi connectivity index (χ4n) is 4.67. The van der Waals surface area contributed by atoms with Crippen molar-refractivity contribution in [3.05, 3.63) is 69.0 Å². The minimum Gasteiger partial charge on any atom is -0.459 e. The summed E-state index contributed by atoms with van der Waals surface area (Å²) in [5, 5.41) is 20.5. The molecule has 4 rings (SSSR count). The number of aromatic amines is 1. The number of H-pyrrole nitrogens is 1. The zero-order valence-electron chi connectivity index (χ0n) is 20.4. The maximum absolute atomic E-state index is 12.4. The first-order chi connectivity index (χ1) is 17.2. The predicted octanol–water partition coefficient (Wildman–Crippen LogP) is 0.663. The molecule has 11 nitrogen and oxygen atoms in total. The number of nitrogens with zero attached hydrogens (tertiary/aromatic N) is 1. The monoisotopic (exact) mass is 504 g/mol. The van der Waals surface area contributed by atoms with Crippen molar-refractivity contribution >= 4 is 5.97 Å². The second-order valence-electron chi connectivity index (χ2n) is 9.44. The molecular formula is C25H32N2O9. The zero-order valence-corrected chi connectivity index (χ0v) is 20.4. The van der Waals surface area contributed by atoms with Crippen LogP contribution >= 0.6 is 0 Å². The van der Waals surface area contributed by atoms with Gasteiger partial charge in [0.05, 0.1) is 18.3 Å². The third-order valence-electron chi connectivity index (χ3n) is 7.28. The SMILES string of the molecule is CC1C(COC(=O)c2ccccc2)OC(O[C@H]2C(O)[C@@H](CO)O[C@H]2n2ccc(=O)[nH]c2=O)C(C)C1C. The fraction of sp³-hybridized carbons (Fsp3) is 0.560. The van der Waals surface area contributed by atoms with Gasteiger partial charge in [-0.1, -0.05) is 39.0 Å². The average molecular weight is 505 g/mol. The van der Waals surface area contributed by atoms with E-state index in [1.54, 1.807) is 24.3 Å². The Kier molecular flexibility index (Phi) is 8.06. The van der Waals surface area contributed by atoms with E-state index in [-0.39, 0.29) is 24.4 Å². The molecule has 2 aromatic rings. The first kappa shape index (κ1) is 26.2. The lowest BCUT2D eigenvalue weighted by Gasteiger charge is -2.44. The van der Waals surface area contributed by atoms with Crippen molar-refractivity contribution in [3.63, 3.8) is 0 Å². The van der Waals surface area contributed by atoms with E-state index in [9.17, 15) is 24.6 Å². The number of hydrogen-bond donors (Lipinski definition) is 3. The molecule has 2 aliphatic rings. The van der Waals surface area contributed by atoms with Gasteiger partial charge < -0.3 is 29.2 Å². The highest BCUT2D eigenvalue weighted by Crippen LogP contribution is 2.39. The molecule has 196 valence electrons. The summed E-state index contributed by atoms with van der Waals surface area (Å²) in [5.41, 5.74) is -0.881. The summed E-state index contributed by atoms with van der Waals surface area (Å²) in [7, 11) is 0. The van der Waals surface area contributed by atoms with Crippen molar-refractivity contribution in [2.24, 2.45) is 17.8 Å². The lowest BCUT2D eigenvalue weighted by molar-refractivity contribution is -0.282. The second kappa shape index (κ2) is 11.1. The number of aliphatic hydroxyl groups is 2. The topological polar surface area (TPSA) is 149 Å². The Balaban J connectivity index is 1.51. The minimum atomic E-state index is -1.27. The van der Waals surface area contributed by atoms with Crippen LogP contribution in [0.5, 0.6) is 0 Å². The van der Waals surface area contributed by atoms with Crippen molar-refractivity contribution in [2.75, 3.05) is 13.2 Å². The van der Waals surface area contributed by atoms with Crippen LogP contribution in [0, 0.1) is 17.8 Å². The number of carbonyl (C=O) groups is 1. The number of ether oxygens (including phenoxy) is 4. The molecular weight excluding hydrogens is 472 g/mol. The van der Waals surface area contributed by atoms with E-state index in [1.807, 2.05) is 26.8 Å². The molecule has 0 radical (unpaired) electrons. The molecule has 0 saturated carbocycles. The molecule has 9 atom stereocenters. The smallest absolute Gasteiger partial charge is 0.338 e. The average Bonchev–Trinajstić information content (AvgIpc) is 3.18. The van der Waals surface area contributed by atoms with Gasteiger partial charge in [-0.25, -0.2) is 9.59 Å². The Bertz CT molecular complexity index is 1150. The summed E-state index contributed by atoms with van der Waals surface area (Å²) in [4.78, 5) is 38.5. The lowest BCUT2D eigenvalue weighted by atomic mass is 9.79. The van der Waals surface area contributed by atoms with E-state index >= 15 is 0 Å². The van der Waals surface area contributed by atoms with Crippen molar-refractivity contribution < 1.29 is 34.0 Å². The van der Waals surface area contributed by atoms with Crippen molar-refractivity contribution in [3.8, 4) is 0 Å². The molecule has 1 aromatic heterocycles. The summed E-state index contributed by atoms with van der Waals surface area (Å²) in [6.45, 7) is 5.52. The van der Waals surface area contributed by atoms with E-state index in [4.69, 9.17) is 18.9 Å². The summed E-state index contributed by atoms with van der Waals surface area (Å²) in [6.07, 6.45) is -4.51. The number of esters is 1. The third kappa shape index (κ3) is 5.30. The molecule has 1 aromatic carbocycles. The van der Waals surface area contributed by atoms with Crippen LogP contribution in [0.2, 0.25) is 0 Å². The highest BCUT2D eigenvalue weighted by molar-refractivity contribution is 5.89. The van der Waals surface area contributed by atoms with Gasteiger partial charge in [0.1, 0.15) is 24.9 Å². The minimum absolute atomic E-state index is 0.0115. The summed E-state index contributed by atoms with van der Waals surface area (Å²) < 4.78 is 24.7. The van der Waals surface area contributed by atoms with E-state index in [1.165, 1.54) is 6.20 Å². The normalized spacial score (nSPS) is 34.4. The molecule has 11 heteroatoms. The number of hydrogen-bond acceptors (Lipinski definition) is 9. The molecule has 3 N–H and O–H groups in total. The number of aromatic nitrogens is 2. The molecule has 2 saturated heterocycles. The summed E-state index contributed by atoms with van der Waals surface area (Å²) in [5.74, 6) is -0.435. The van der Waals surface area contributed by atoms with Crippen molar-refractivity contribution in [1.29, 1.82) is 0 Å². The molecule has 0 aliphatic carbocycles. The molecule has 0 amide bonds. The molecule has 2 aliphatic heterocycles. The van der Waals surface area contributed by atoms with Crippen LogP contribution in [0.1, 0.15) is 37.4 Å². The largest absolute Gasteiger partial charge is 0.459 e. The Hall–Kier alpha value is -2.83. The molecule has 6 unspecified atom stereocenters. The van der Waals surface area contributed by atoms with Gasteiger partial charge >= 0.3 is 11.7 Å². The van der Waals surface area contributed by atoms with Gasteiger partial charge in [-0.15, -0.1) is 0 Å². The predicted molar refractivity (Wildman–Crippen MR) is 126 cm³/mol. The number of aliphatic hydroxyl groups excluding tert-OH is 2. The third-order valence-corrected chi connectivity index (χ3v) is 7.28. The summed E-state index contributed by atoms with van der Waals surface area (Å²) >= 11 is 0. The number of carbonyl (C=O) groups excluding carboxylic acids is 1. The van der Waals surface area contributed by atoms with Gasteiger partial charge in [0.25, 0.3) is 5.56 Å². The van der Waals surface area contributed by atoms with Crippen molar-refractivity contribution in [2.45, 2.75) is 57.7 Å². The van der Waals surface area contributed by atoms with E-state index in [0.717, 1.165) is 10.6 Å². The van der Waals surface area contributed by atoms with Crippen molar-refractivity contribution in [1.82, 2.24) is 9.55 Å². The van der Waals surface area contributed by atoms with Gasteiger partial charge in [-0.05, 0) is 24.0 Å². The van der Waals surface area contributed by atoms with E-state index in [2.05, 4.69) is 4.98 Å². The van der Waals surface area contributed by atoms with Crippen LogP contribution in [0.4, 0.5) is 0 Å². The first-order valence-electron chi connectivity index (χ1n) is 12.0. The molecule has 0 spiro atoms.